The molecule has 0 spiro atoms. The summed E-state index contributed by atoms with van der Waals surface area (Å²) in [7, 11) is 0. The van der Waals surface area contributed by atoms with Gasteiger partial charge in [-0.05, 0) is 37.5 Å². The lowest BCUT2D eigenvalue weighted by Gasteiger charge is -2.06. The van der Waals surface area contributed by atoms with E-state index < -0.39 is 0 Å². The van der Waals surface area contributed by atoms with E-state index in [0.29, 0.717) is 11.4 Å². The van der Waals surface area contributed by atoms with Crippen LogP contribution in [0.4, 0.5) is 0 Å². The average Bonchev–Trinajstić information content (AvgIpc) is 3.23. The molecule has 0 aliphatic rings. The van der Waals surface area contributed by atoms with Crippen LogP contribution in [-0.2, 0) is 13.0 Å². The molecule has 0 saturated carbocycles. The number of nitrogens with zero attached hydrogens (tertiary/aromatic N) is 4. The third-order valence-corrected chi connectivity index (χ3v) is 4.76. The number of pyridine rings is 1. The summed E-state index contributed by atoms with van der Waals surface area (Å²) in [6.45, 7) is 4.44. The number of carbonyl (C=O) groups excluding carboxylic acids is 1. The number of nitrogens with one attached hydrogen (secondary N) is 1. The van der Waals surface area contributed by atoms with Crippen molar-refractivity contribution in [3.8, 4) is 5.82 Å². The van der Waals surface area contributed by atoms with Crippen molar-refractivity contribution >= 4 is 17.2 Å². The zero-order valence-corrected chi connectivity index (χ0v) is 14.5. The van der Waals surface area contributed by atoms with E-state index >= 15 is 0 Å². The quantitative estimate of drug-likeness (QED) is 0.748. The van der Waals surface area contributed by atoms with Gasteiger partial charge in [0.2, 0.25) is 0 Å². The van der Waals surface area contributed by atoms with Crippen LogP contribution in [0, 0.1) is 6.92 Å². The number of hydrogen-bond donors (Lipinski definition) is 1. The van der Waals surface area contributed by atoms with Crippen LogP contribution in [0.2, 0.25) is 0 Å². The lowest BCUT2D eigenvalue weighted by molar-refractivity contribution is 0.0954. The molecule has 0 bridgehead atoms. The summed E-state index contributed by atoms with van der Waals surface area (Å²) < 4.78 is 1.83. The highest BCUT2D eigenvalue weighted by molar-refractivity contribution is 7.13. The second kappa shape index (κ2) is 7.35. The number of aromatic nitrogens is 4. The number of thiazole rings is 1. The van der Waals surface area contributed by atoms with Gasteiger partial charge in [-0.25, -0.2) is 15.0 Å². The fraction of sp³-hybridized carbons (Fsp3) is 0.294. The summed E-state index contributed by atoms with van der Waals surface area (Å²) in [5.74, 6) is 0.701. The molecular weight excluding hydrogens is 322 g/mol. The van der Waals surface area contributed by atoms with Crippen LogP contribution in [0.1, 0.15) is 39.3 Å². The number of carbonyl (C=O) groups is 1. The van der Waals surface area contributed by atoms with Crippen molar-refractivity contribution < 1.29 is 4.79 Å². The summed E-state index contributed by atoms with van der Waals surface area (Å²) in [5.41, 5.74) is 1.78. The normalized spacial score (nSPS) is 10.8. The molecule has 0 atom stereocenters. The Kier molecular flexibility index (Phi) is 5.00. The highest BCUT2D eigenvalue weighted by Gasteiger charge is 2.14. The first kappa shape index (κ1) is 16.3. The van der Waals surface area contributed by atoms with E-state index in [1.54, 1.807) is 18.7 Å². The maximum Gasteiger partial charge on any atom is 0.263 e. The van der Waals surface area contributed by atoms with Gasteiger partial charge in [0.15, 0.2) is 0 Å². The first-order valence-electron chi connectivity index (χ1n) is 7.85. The van der Waals surface area contributed by atoms with Gasteiger partial charge in [-0.1, -0.05) is 6.92 Å². The Morgan fingerprint density at radius 2 is 2.25 bits per heavy atom. The Morgan fingerprint density at radius 1 is 1.38 bits per heavy atom. The molecule has 3 rings (SSSR count). The zero-order valence-electron chi connectivity index (χ0n) is 13.7. The SMILES string of the molecule is CCCc1nc(C)c(C(=O)NCc2ccnc(-n3ccnc3)c2)s1. The van der Waals surface area contributed by atoms with Crippen LogP contribution in [0.25, 0.3) is 5.82 Å². The summed E-state index contributed by atoms with van der Waals surface area (Å²) in [4.78, 5) is 25.9. The van der Waals surface area contributed by atoms with Gasteiger partial charge in [0.25, 0.3) is 5.91 Å². The van der Waals surface area contributed by atoms with E-state index in [1.807, 2.05) is 29.8 Å². The highest BCUT2D eigenvalue weighted by Crippen LogP contribution is 2.19. The smallest absolute Gasteiger partial charge is 0.263 e. The van der Waals surface area contributed by atoms with Crippen LogP contribution in [0.3, 0.4) is 0 Å². The van der Waals surface area contributed by atoms with Crippen LogP contribution in [-0.4, -0.2) is 25.4 Å². The van der Waals surface area contributed by atoms with Crippen molar-refractivity contribution in [1.82, 2.24) is 24.8 Å². The largest absolute Gasteiger partial charge is 0.347 e. The fourth-order valence-electron chi connectivity index (χ4n) is 2.35. The predicted molar refractivity (Wildman–Crippen MR) is 93.4 cm³/mol. The molecule has 3 heterocycles. The van der Waals surface area contributed by atoms with Gasteiger partial charge >= 0.3 is 0 Å². The second-order valence-corrected chi connectivity index (χ2v) is 6.53. The van der Waals surface area contributed by atoms with Crippen molar-refractivity contribution in [3.63, 3.8) is 0 Å². The van der Waals surface area contributed by atoms with E-state index in [9.17, 15) is 4.79 Å². The predicted octanol–water partition coefficient (Wildman–Crippen LogP) is 2.91. The molecule has 0 saturated heterocycles. The van der Waals surface area contributed by atoms with Gasteiger partial charge < -0.3 is 5.32 Å². The molecule has 3 aromatic heterocycles. The number of aryl methyl sites for hydroxylation is 2. The Morgan fingerprint density at radius 3 is 3.00 bits per heavy atom. The molecule has 0 fully saturated rings. The molecule has 24 heavy (non-hydrogen) atoms. The van der Waals surface area contributed by atoms with E-state index in [2.05, 4.69) is 27.2 Å². The third-order valence-electron chi connectivity index (χ3n) is 3.54. The van der Waals surface area contributed by atoms with Gasteiger partial charge in [0, 0.05) is 25.1 Å². The van der Waals surface area contributed by atoms with E-state index in [-0.39, 0.29) is 5.91 Å². The van der Waals surface area contributed by atoms with E-state index in [4.69, 9.17) is 0 Å². The van der Waals surface area contributed by atoms with Crippen molar-refractivity contribution in [2.24, 2.45) is 0 Å². The molecule has 0 aliphatic carbocycles. The Labute approximate surface area is 144 Å². The molecule has 0 aliphatic heterocycles. The molecule has 3 aromatic rings. The lowest BCUT2D eigenvalue weighted by Crippen LogP contribution is -2.22. The summed E-state index contributed by atoms with van der Waals surface area (Å²) in [5, 5.41) is 3.98. The lowest BCUT2D eigenvalue weighted by atomic mass is 10.2. The molecule has 0 unspecified atom stereocenters. The minimum absolute atomic E-state index is 0.0756. The molecule has 0 radical (unpaired) electrons. The number of imidazole rings is 1. The third kappa shape index (κ3) is 3.68. The number of hydrogen-bond acceptors (Lipinski definition) is 5. The van der Waals surface area contributed by atoms with E-state index in [1.165, 1.54) is 11.3 Å². The molecule has 7 heteroatoms. The molecular formula is C17H19N5OS. The van der Waals surface area contributed by atoms with Gasteiger partial charge in [0.1, 0.15) is 17.0 Å². The topological polar surface area (TPSA) is 72.7 Å². The number of rotatable bonds is 6. The van der Waals surface area contributed by atoms with Gasteiger partial charge in [-0.15, -0.1) is 11.3 Å². The van der Waals surface area contributed by atoms with Crippen molar-refractivity contribution in [3.05, 3.63) is 58.2 Å². The molecule has 1 N–H and O–H groups in total. The number of amides is 1. The Balaban J connectivity index is 1.67. The van der Waals surface area contributed by atoms with Crippen LogP contribution in [0.5, 0.6) is 0 Å². The van der Waals surface area contributed by atoms with Crippen LogP contribution >= 0.6 is 11.3 Å². The first-order chi connectivity index (χ1) is 11.7. The summed E-state index contributed by atoms with van der Waals surface area (Å²) >= 11 is 1.48. The maximum atomic E-state index is 12.4. The van der Waals surface area contributed by atoms with Crippen molar-refractivity contribution in [2.45, 2.75) is 33.2 Å². The fourth-order valence-corrected chi connectivity index (χ4v) is 3.44. The van der Waals surface area contributed by atoms with Crippen molar-refractivity contribution in [2.75, 3.05) is 0 Å². The highest BCUT2D eigenvalue weighted by atomic mass is 32.1. The maximum absolute atomic E-state index is 12.4. The average molecular weight is 341 g/mol. The summed E-state index contributed by atoms with van der Waals surface area (Å²) in [6.07, 6.45) is 8.91. The van der Waals surface area contributed by atoms with Crippen molar-refractivity contribution in [1.29, 1.82) is 0 Å². The Bertz CT molecular complexity index is 825. The molecule has 1 amide bonds. The summed E-state index contributed by atoms with van der Waals surface area (Å²) in [6, 6.07) is 3.83. The second-order valence-electron chi connectivity index (χ2n) is 5.45. The van der Waals surface area contributed by atoms with Gasteiger partial charge in [0.05, 0.1) is 10.7 Å². The Hall–Kier alpha value is -2.54. The minimum atomic E-state index is -0.0756. The standard InChI is InChI=1S/C17H19N5OS/c1-3-4-15-21-12(2)16(24-15)17(23)20-10-13-5-6-19-14(9-13)22-8-7-18-11-22/h5-9,11H,3-4,10H2,1-2H3,(H,20,23). The molecule has 6 nitrogen and oxygen atoms in total. The van der Waals surface area contributed by atoms with Crippen LogP contribution in [0.15, 0.2) is 37.1 Å². The first-order valence-corrected chi connectivity index (χ1v) is 8.66. The molecule has 124 valence electrons. The van der Waals surface area contributed by atoms with E-state index in [0.717, 1.165) is 34.9 Å². The molecule has 0 aromatic carbocycles. The zero-order chi connectivity index (χ0) is 16.9. The monoisotopic (exact) mass is 341 g/mol. The van der Waals surface area contributed by atoms with Crippen LogP contribution < -0.4 is 5.32 Å². The van der Waals surface area contributed by atoms with Gasteiger partial charge in [-0.2, -0.15) is 0 Å². The minimum Gasteiger partial charge on any atom is -0.347 e. The van der Waals surface area contributed by atoms with Gasteiger partial charge in [-0.3, -0.25) is 9.36 Å².